The highest BCUT2D eigenvalue weighted by molar-refractivity contribution is 14.0. The monoisotopic (exact) mass is 403 g/mol. The lowest BCUT2D eigenvalue weighted by Crippen LogP contribution is -2.32. The first-order valence-electron chi connectivity index (χ1n) is 4.49. The molecule has 6 heteroatoms. The third-order valence-corrected chi connectivity index (χ3v) is 3.27. The molecular formula is C9H15BrIN3S. The summed E-state index contributed by atoms with van der Waals surface area (Å²) in [6.45, 7) is 3.62. The molecule has 3 nitrogen and oxygen atoms in total. The number of hydrogen-bond acceptors (Lipinski definition) is 2. The minimum absolute atomic E-state index is 0. The van der Waals surface area contributed by atoms with Crippen molar-refractivity contribution in [3.8, 4) is 0 Å². The zero-order valence-corrected chi connectivity index (χ0v) is 13.2. The molecule has 0 aromatic carbocycles. The van der Waals surface area contributed by atoms with E-state index in [-0.39, 0.29) is 24.0 Å². The van der Waals surface area contributed by atoms with Gasteiger partial charge in [0.1, 0.15) is 0 Å². The molecule has 0 fully saturated rings. The first-order chi connectivity index (χ1) is 6.72. The Bertz CT molecular complexity index is 314. The maximum absolute atomic E-state index is 5.65. The lowest BCUT2D eigenvalue weighted by molar-refractivity contribution is 0.826. The molecule has 0 aliphatic rings. The van der Waals surface area contributed by atoms with Gasteiger partial charge in [0.25, 0.3) is 0 Å². The Labute approximate surface area is 120 Å². The van der Waals surface area contributed by atoms with E-state index >= 15 is 0 Å². The third-order valence-electron chi connectivity index (χ3n) is 1.58. The molecule has 86 valence electrons. The topological polar surface area (TPSA) is 50.4 Å². The number of aliphatic imine (C=N–C) groups is 1. The van der Waals surface area contributed by atoms with Gasteiger partial charge in [-0.05, 0) is 28.4 Å². The number of rotatable bonds is 4. The predicted molar refractivity (Wildman–Crippen MR) is 81.1 cm³/mol. The molecule has 0 aliphatic heterocycles. The number of thiophene rings is 1. The number of halogens is 2. The first-order valence-corrected chi connectivity index (χ1v) is 6.16. The van der Waals surface area contributed by atoms with Crippen molar-refractivity contribution in [2.45, 2.75) is 19.9 Å². The van der Waals surface area contributed by atoms with Crippen LogP contribution in [-0.4, -0.2) is 12.5 Å². The average molecular weight is 404 g/mol. The van der Waals surface area contributed by atoms with Gasteiger partial charge in [-0.3, -0.25) is 0 Å². The summed E-state index contributed by atoms with van der Waals surface area (Å²) in [5, 5.41) is 5.07. The van der Waals surface area contributed by atoms with E-state index in [1.807, 2.05) is 5.38 Å². The van der Waals surface area contributed by atoms with Gasteiger partial charge >= 0.3 is 0 Å². The molecule has 0 radical (unpaired) electrons. The molecule has 0 atom stereocenters. The summed E-state index contributed by atoms with van der Waals surface area (Å²) >= 11 is 5.07. The van der Waals surface area contributed by atoms with Gasteiger partial charge in [-0.25, -0.2) is 4.99 Å². The highest BCUT2D eigenvalue weighted by Crippen LogP contribution is 2.20. The molecule has 1 aromatic rings. The smallest absolute Gasteiger partial charge is 0.188 e. The van der Waals surface area contributed by atoms with Crippen molar-refractivity contribution in [1.29, 1.82) is 0 Å². The van der Waals surface area contributed by atoms with Crippen molar-refractivity contribution in [2.75, 3.05) is 6.54 Å². The number of hydrogen-bond donors (Lipinski definition) is 2. The van der Waals surface area contributed by atoms with Crippen LogP contribution >= 0.6 is 51.2 Å². The van der Waals surface area contributed by atoms with E-state index in [9.17, 15) is 0 Å². The van der Waals surface area contributed by atoms with Crippen LogP contribution in [0, 0.1) is 0 Å². The summed E-state index contributed by atoms with van der Waals surface area (Å²) in [6.07, 6.45) is 1.06. The molecule has 0 bridgehead atoms. The Balaban J connectivity index is 0.00000196. The predicted octanol–water partition coefficient (Wildman–Crippen LogP) is 2.94. The summed E-state index contributed by atoms with van der Waals surface area (Å²) in [7, 11) is 0. The molecule has 1 aromatic heterocycles. The van der Waals surface area contributed by atoms with Crippen molar-refractivity contribution >= 4 is 57.2 Å². The van der Waals surface area contributed by atoms with E-state index in [0.29, 0.717) is 12.5 Å². The number of nitrogens with zero attached hydrogens (tertiary/aromatic N) is 1. The summed E-state index contributed by atoms with van der Waals surface area (Å²) < 4.78 is 1.10. The Hall–Kier alpha value is 0.180. The van der Waals surface area contributed by atoms with E-state index in [2.05, 4.69) is 39.2 Å². The van der Waals surface area contributed by atoms with E-state index in [1.54, 1.807) is 11.3 Å². The molecule has 0 saturated heterocycles. The highest BCUT2D eigenvalue weighted by atomic mass is 127. The Morgan fingerprint density at radius 3 is 2.93 bits per heavy atom. The molecule has 0 amide bonds. The SMILES string of the molecule is CCCNC(N)=NCc1cc(Br)cs1.I. The van der Waals surface area contributed by atoms with Crippen LogP contribution in [0.15, 0.2) is 20.9 Å². The van der Waals surface area contributed by atoms with E-state index < -0.39 is 0 Å². The largest absolute Gasteiger partial charge is 0.370 e. The number of guanidine groups is 1. The molecule has 0 unspecified atom stereocenters. The van der Waals surface area contributed by atoms with Crippen LogP contribution in [-0.2, 0) is 6.54 Å². The average Bonchev–Trinajstić information content (AvgIpc) is 2.58. The fourth-order valence-corrected chi connectivity index (χ4v) is 2.28. The minimum atomic E-state index is 0. The molecule has 0 saturated carbocycles. The summed E-state index contributed by atoms with van der Waals surface area (Å²) in [5.41, 5.74) is 5.65. The summed E-state index contributed by atoms with van der Waals surface area (Å²) in [6, 6.07) is 2.06. The Morgan fingerprint density at radius 1 is 1.67 bits per heavy atom. The maximum atomic E-state index is 5.65. The van der Waals surface area contributed by atoms with Crippen LogP contribution in [0.25, 0.3) is 0 Å². The molecule has 0 spiro atoms. The highest BCUT2D eigenvalue weighted by Gasteiger charge is 1.96. The van der Waals surface area contributed by atoms with Crippen LogP contribution in [0.3, 0.4) is 0 Å². The molecule has 0 aliphatic carbocycles. The van der Waals surface area contributed by atoms with Gasteiger partial charge in [-0.15, -0.1) is 35.3 Å². The van der Waals surface area contributed by atoms with E-state index in [4.69, 9.17) is 5.73 Å². The number of nitrogens with two attached hydrogens (primary N) is 1. The zero-order chi connectivity index (χ0) is 10.4. The van der Waals surface area contributed by atoms with E-state index in [0.717, 1.165) is 17.4 Å². The molecular weight excluding hydrogens is 389 g/mol. The van der Waals surface area contributed by atoms with E-state index in [1.165, 1.54) is 4.88 Å². The first kappa shape index (κ1) is 15.2. The molecule has 15 heavy (non-hydrogen) atoms. The minimum Gasteiger partial charge on any atom is -0.370 e. The fraction of sp³-hybridized carbons (Fsp3) is 0.444. The van der Waals surface area contributed by atoms with Gasteiger partial charge in [-0.2, -0.15) is 0 Å². The lowest BCUT2D eigenvalue weighted by atomic mass is 10.5. The van der Waals surface area contributed by atoms with Crippen molar-refractivity contribution in [1.82, 2.24) is 5.32 Å². The fourth-order valence-electron chi connectivity index (χ4n) is 0.909. The zero-order valence-electron chi connectivity index (χ0n) is 8.50. The van der Waals surface area contributed by atoms with Crippen LogP contribution < -0.4 is 11.1 Å². The molecule has 3 N–H and O–H groups in total. The third kappa shape index (κ3) is 6.36. The van der Waals surface area contributed by atoms with Crippen LogP contribution in [0.1, 0.15) is 18.2 Å². The van der Waals surface area contributed by atoms with Gasteiger partial charge < -0.3 is 11.1 Å². The quantitative estimate of drug-likeness (QED) is 0.461. The van der Waals surface area contributed by atoms with Gasteiger partial charge in [-0.1, -0.05) is 6.92 Å². The molecule has 1 rings (SSSR count). The van der Waals surface area contributed by atoms with Crippen molar-refractivity contribution < 1.29 is 0 Å². The second-order valence-corrected chi connectivity index (χ2v) is 4.77. The van der Waals surface area contributed by atoms with Crippen molar-refractivity contribution in [2.24, 2.45) is 10.7 Å². The summed E-state index contributed by atoms with van der Waals surface area (Å²) in [4.78, 5) is 5.42. The Morgan fingerprint density at radius 2 is 2.40 bits per heavy atom. The van der Waals surface area contributed by atoms with Crippen LogP contribution in [0.2, 0.25) is 0 Å². The second kappa shape index (κ2) is 8.35. The van der Waals surface area contributed by atoms with Gasteiger partial charge in [0.05, 0.1) is 6.54 Å². The van der Waals surface area contributed by atoms with Gasteiger partial charge in [0.2, 0.25) is 0 Å². The molecule has 1 heterocycles. The standard InChI is InChI=1S/C9H14BrN3S.HI/c1-2-3-12-9(11)13-5-8-4-7(10)6-14-8;/h4,6H,2-3,5H2,1H3,(H3,11,12,13);1H. The van der Waals surface area contributed by atoms with Crippen molar-refractivity contribution in [3.63, 3.8) is 0 Å². The Kier molecular flexibility index (Phi) is 8.45. The van der Waals surface area contributed by atoms with Crippen LogP contribution in [0.4, 0.5) is 0 Å². The van der Waals surface area contributed by atoms with Crippen LogP contribution in [0.5, 0.6) is 0 Å². The van der Waals surface area contributed by atoms with Gasteiger partial charge in [0.15, 0.2) is 5.96 Å². The normalized spacial score (nSPS) is 10.9. The summed E-state index contributed by atoms with van der Waals surface area (Å²) in [5.74, 6) is 0.524. The van der Waals surface area contributed by atoms with Crippen molar-refractivity contribution in [3.05, 3.63) is 20.8 Å². The number of nitrogens with one attached hydrogen (secondary N) is 1. The second-order valence-electron chi connectivity index (χ2n) is 2.86. The lowest BCUT2D eigenvalue weighted by Gasteiger charge is -2.01. The maximum Gasteiger partial charge on any atom is 0.188 e. The van der Waals surface area contributed by atoms with Gasteiger partial charge in [0, 0.05) is 21.3 Å².